The quantitative estimate of drug-likeness (QED) is 0.829. The SMILES string of the molecule is O=C(NC1CCCc2sccc21)N1CCCCC1. The van der Waals surface area contributed by atoms with Gasteiger partial charge in [-0.15, -0.1) is 11.3 Å². The average molecular weight is 264 g/mol. The van der Waals surface area contributed by atoms with E-state index in [4.69, 9.17) is 0 Å². The Morgan fingerprint density at radius 3 is 2.94 bits per heavy atom. The standard InChI is InChI=1S/C14H20N2OS/c17-14(16-8-2-1-3-9-16)15-12-5-4-6-13-11(12)7-10-18-13/h7,10,12H,1-6,8-9H2,(H,15,17). The average Bonchev–Trinajstić information content (AvgIpc) is 2.89. The Bertz CT molecular complexity index is 423. The lowest BCUT2D eigenvalue weighted by Crippen LogP contribution is -2.44. The van der Waals surface area contributed by atoms with Crippen molar-refractivity contribution in [3.8, 4) is 0 Å². The number of urea groups is 1. The van der Waals surface area contributed by atoms with Gasteiger partial charge in [0.15, 0.2) is 0 Å². The van der Waals surface area contributed by atoms with Gasteiger partial charge < -0.3 is 10.2 Å². The number of aryl methyl sites for hydroxylation is 1. The van der Waals surface area contributed by atoms with Crippen molar-refractivity contribution in [3.05, 3.63) is 21.9 Å². The number of nitrogens with one attached hydrogen (secondary N) is 1. The number of nitrogens with zero attached hydrogens (tertiary/aromatic N) is 1. The summed E-state index contributed by atoms with van der Waals surface area (Å²) in [6, 6.07) is 2.56. The van der Waals surface area contributed by atoms with Crippen molar-refractivity contribution < 1.29 is 4.79 Å². The summed E-state index contributed by atoms with van der Waals surface area (Å²) in [6.07, 6.45) is 7.04. The van der Waals surface area contributed by atoms with Crippen molar-refractivity contribution in [2.75, 3.05) is 13.1 Å². The molecule has 1 aliphatic carbocycles. The summed E-state index contributed by atoms with van der Waals surface area (Å²) >= 11 is 1.83. The van der Waals surface area contributed by atoms with Gasteiger partial charge in [0.25, 0.3) is 0 Å². The molecule has 0 saturated carbocycles. The van der Waals surface area contributed by atoms with Crippen LogP contribution < -0.4 is 5.32 Å². The lowest BCUT2D eigenvalue weighted by Gasteiger charge is -2.30. The van der Waals surface area contributed by atoms with Crippen LogP contribution in [0.4, 0.5) is 4.79 Å². The van der Waals surface area contributed by atoms with Crippen molar-refractivity contribution in [2.24, 2.45) is 0 Å². The van der Waals surface area contributed by atoms with Crippen LogP contribution in [0.3, 0.4) is 0 Å². The van der Waals surface area contributed by atoms with Crippen molar-refractivity contribution >= 4 is 17.4 Å². The van der Waals surface area contributed by atoms with Crippen LogP contribution in [0.2, 0.25) is 0 Å². The van der Waals surface area contributed by atoms with Crippen LogP contribution in [0.15, 0.2) is 11.4 Å². The molecule has 0 spiro atoms. The van der Waals surface area contributed by atoms with E-state index in [9.17, 15) is 4.79 Å². The van der Waals surface area contributed by atoms with Crippen LogP contribution in [0.1, 0.15) is 48.6 Å². The second kappa shape index (κ2) is 5.31. The Morgan fingerprint density at radius 1 is 1.28 bits per heavy atom. The fourth-order valence-corrected chi connectivity index (χ4v) is 3.96. The van der Waals surface area contributed by atoms with E-state index in [1.54, 1.807) is 0 Å². The second-order valence-corrected chi connectivity index (χ2v) is 6.24. The van der Waals surface area contributed by atoms with E-state index in [1.165, 1.54) is 29.7 Å². The summed E-state index contributed by atoms with van der Waals surface area (Å²) in [4.78, 5) is 15.7. The molecule has 1 aliphatic heterocycles. The fourth-order valence-electron chi connectivity index (χ4n) is 2.97. The van der Waals surface area contributed by atoms with Gasteiger partial charge in [0.05, 0.1) is 6.04 Å². The van der Waals surface area contributed by atoms with Crippen LogP contribution in [0, 0.1) is 0 Å². The minimum absolute atomic E-state index is 0.138. The van der Waals surface area contributed by atoms with E-state index in [-0.39, 0.29) is 12.1 Å². The van der Waals surface area contributed by atoms with Gasteiger partial charge in [0, 0.05) is 18.0 Å². The molecule has 2 heterocycles. The molecule has 4 heteroatoms. The van der Waals surface area contributed by atoms with E-state index in [0.717, 1.165) is 32.4 Å². The van der Waals surface area contributed by atoms with E-state index in [2.05, 4.69) is 16.8 Å². The third kappa shape index (κ3) is 2.39. The maximum atomic E-state index is 12.2. The van der Waals surface area contributed by atoms with E-state index in [0.29, 0.717) is 0 Å². The van der Waals surface area contributed by atoms with Gasteiger partial charge in [-0.3, -0.25) is 0 Å². The summed E-state index contributed by atoms with van der Waals surface area (Å²) < 4.78 is 0. The van der Waals surface area contributed by atoms with Gasteiger partial charge in [-0.05, 0) is 55.5 Å². The molecule has 1 saturated heterocycles. The Balaban J connectivity index is 1.65. The lowest BCUT2D eigenvalue weighted by molar-refractivity contribution is 0.181. The second-order valence-electron chi connectivity index (χ2n) is 5.24. The monoisotopic (exact) mass is 264 g/mol. The number of carbonyl (C=O) groups is 1. The maximum Gasteiger partial charge on any atom is 0.317 e. The molecule has 1 aromatic rings. The number of likely N-dealkylation sites (tertiary alicyclic amines) is 1. The Morgan fingerprint density at radius 2 is 2.11 bits per heavy atom. The topological polar surface area (TPSA) is 32.3 Å². The smallest absolute Gasteiger partial charge is 0.317 e. The Hall–Kier alpha value is -1.03. The lowest BCUT2D eigenvalue weighted by atomic mass is 9.94. The first-order chi connectivity index (χ1) is 8.84. The Kier molecular flexibility index (Phi) is 3.55. The molecule has 18 heavy (non-hydrogen) atoms. The molecular weight excluding hydrogens is 244 g/mol. The minimum atomic E-state index is 0.138. The molecule has 0 radical (unpaired) electrons. The highest BCUT2D eigenvalue weighted by Crippen LogP contribution is 2.33. The molecular formula is C14H20N2OS. The van der Waals surface area contributed by atoms with Crippen LogP contribution >= 0.6 is 11.3 Å². The minimum Gasteiger partial charge on any atom is -0.331 e. The van der Waals surface area contributed by atoms with E-state index >= 15 is 0 Å². The number of hydrogen-bond donors (Lipinski definition) is 1. The summed E-state index contributed by atoms with van der Waals surface area (Å²) in [5.74, 6) is 0. The summed E-state index contributed by atoms with van der Waals surface area (Å²) in [6.45, 7) is 1.85. The van der Waals surface area contributed by atoms with Gasteiger partial charge in [0.2, 0.25) is 0 Å². The number of fused-ring (bicyclic) bond motifs is 1. The predicted molar refractivity (Wildman–Crippen MR) is 74.0 cm³/mol. The molecule has 3 nitrogen and oxygen atoms in total. The largest absolute Gasteiger partial charge is 0.331 e. The van der Waals surface area contributed by atoms with Crippen LogP contribution in [-0.2, 0) is 6.42 Å². The third-order valence-corrected chi connectivity index (χ3v) is 4.99. The summed E-state index contributed by atoms with van der Waals surface area (Å²) in [7, 11) is 0. The zero-order valence-electron chi connectivity index (χ0n) is 10.7. The van der Waals surface area contributed by atoms with Crippen LogP contribution in [0.25, 0.3) is 0 Å². The molecule has 1 unspecified atom stereocenters. The summed E-state index contributed by atoms with van der Waals surface area (Å²) in [5, 5.41) is 5.37. The normalized spacial score (nSPS) is 23.6. The van der Waals surface area contributed by atoms with Gasteiger partial charge in [-0.2, -0.15) is 0 Å². The summed E-state index contributed by atoms with van der Waals surface area (Å²) in [5.41, 5.74) is 1.36. The highest BCUT2D eigenvalue weighted by atomic mass is 32.1. The number of hydrogen-bond acceptors (Lipinski definition) is 2. The zero-order valence-corrected chi connectivity index (χ0v) is 11.5. The van der Waals surface area contributed by atoms with Crippen molar-refractivity contribution in [3.63, 3.8) is 0 Å². The van der Waals surface area contributed by atoms with Gasteiger partial charge >= 0.3 is 6.03 Å². The number of piperidine rings is 1. The molecule has 2 aliphatic rings. The molecule has 1 N–H and O–H groups in total. The highest BCUT2D eigenvalue weighted by molar-refractivity contribution is 7.10. The van der Waals surface area contributed by atoms with Crippen LogP contribution in [-0.4, -0.2) is 24.0 Å². The Labute approximate surface area is 112 Å². The highest BCUT2D eigenvalue weighted by Gasteiger charge is 2.25. The van der Waals surface area contributed by atoms with Crippen molar-refractivity contribution in [1.82, 2.24) is 10.2 Å². The molecule has 2 amide bonds. The zero-order chi connectivity index (χ0) is 12.4. The first kappa shape index (κ1) is 12.0. The molecule has 0 aromatic carbocycles. The van der Waals surface area contributed by atoms with Gasteiger partial charge in [-0.25, -0.2) is 4.79 Å². The predicted octanol–water partition coefficient (Wildman–Crippen LogP) is 3.32. The first-order valence-electron chi connectivity index (χ1n) is 6.96. The van der Waals surface area contributed by atoms with Crippen LogP contribution in [0.5, 0.6) is 0 Å². The fraction of sp³-hybridized carbons (Fsp3) is 0.643. The van der Waals surface area contributed by atoms with E-state index < -0.39 is 0 Å². The van der Waals surface area contributed by atoms with Crippen molar-refractivity contribution in [1.29, 1.82) is 0 Å². The molecule has 0 bridgehead atoms. The van der Waals surface area contributed by atoms with Crippen molar-refractivity contribution in [2.45, 2.75) is 44.6 Å². The maximum absolute atomic E-state index is 12.2. The number of carbonyl (C=O) groups excluding carboxylic acids is 1. The number of rotatable bonds is 1. The molecule has 3 rings (SSSR count). The first-order valence-corrected chi connectivity index (χ1v) is 7.84. The third-order valence-electron chi connectivity index (χ3n) is 3.99. The number of thiophene rings is 1. The molecule has 98 valence electrons. The molecule has 1 aromatic heterocycles. The van der Waals surface area contributed by atoms with Gasteiger partial charge in [-0.1, -0.05) is 0 Å². The number of amides is 2. The molecule has 1 fully saturated rings. The van der Waals surface area contributed by atoms with Gasteiger partial charge in [0.1, 0.15) is 0 Å². The molecule has 1 atom stereocenters. The van der Waals surface area contributed by atoms with E-state index in [1.807, 2.05) is 16.2 Å².